The number of benzene rings is 1. The van der Waals surface area contributed by atoms with Crippen LogP contribution in [0.1, 0.15) is 20.7 Å². The maximum absolute atomic E-state index is 12.2. The summed E-state index contributed by atoms with van der Waals surface area (Å²) < 4.78 is 26.5. The Bertz CT molecular complexity index is 830. The first-order chi connectivity index (χ1) is 11.0. The summed E-state index contributed by atoms with van der Waals surface area (Å²) in [6.45, 7) is -0.206. The number of hydrogen-bond donors (Lipinski definition) is 1. The first kappa shape index (κ1) is 15.2. The number of hydrogen-bond acceptors (Lipinski definition) is 5. The fourth-order valence-corrected chi connectivity index (χ4v) is 3.31. The number of amides is 2. The van der Waals surface area contributed by atoms with Crippen LogP contribution in [0.5, 0.6) is 0 Å². The highest BCUT2D eigenvalue weighted by atomic mass is 32.2. The lowest BCUT2D eigenvalue weighted by molar-refractivity contribution is 0.0664. The maximum Gasteiger partial charge on any atom is 0.261 e. The standard InChI is InChI=1S/C15H13N3O4S/c19-14-12-5-1-2-6-13(12)15(20)18(14)8-9-23(21,22)17-11-4-3-7-16-10-11/h1-7,10,17H,8-9H2. The summed E-state index contributed by atoms with van der Waals surface area (Å²) in [5.74, 6) is -1.32. The molecule has 1 aromatic carbocycles. The van der Waals surface area contributed by atoms with Crippen LogP contribution in [0.3, 0.4) is 0 Å². The third-order valence-corrected chi connectivity index (χ3v) is 4.66. The summed E-state index contributed by atoms with van der Waals surface area (Å²) in [6, 6.07) is 9.59. The largest absolute Gasteiger partial charge is 0.282 e. The van der Waals surface area contributed by atoms with E-state index in [4.69, 9.17) is 0 Å². The molecule has 23 heavy (non-hydrogen) atoms. The van der Waals surface area contributed by atoms with Crippen molar-refractivity contribution in [2.75, 3.05) is 17.0 Å². The molecule has 8 heteroatoms. The van der Waals surface area contributed by atoms with E-state index in [2.05, 4.69) is 9.71 Å². The van der Waals surface area contributed by atoms with Gasteiger partial charge in [0.1, 0.15) is 0 Å². The number of pyridine rings is 1. The molecule has 2 amide bonds. The minimum Gasteiger partial charge on any atom is -0.282 e. The highest BCUT2D eigenvalue weighted by Crippen LogP contribution is 2.22. The number of sulfonamides is 1. The minimum absolute atomic E-state index is 0.206. The second kappa shape index (κ2) is 5.81. The van der Waals surface area contributed by atoms with E-state index in [1.54, 1.807) is 36.4 Å². The van der Waals surface area contributed by atoms with Gasteiger partial charge in [0.2, 0.25) is 10.0 Å². The average molecular weight is 331 g/mol. The number of aromatic nitrogens is 1. The van der Waals surface area contributed by atoms with Gasteiger partial charge < -0.3 is 0 Å². The molecular formula is C15H13N3O4S. The van der Waals surface area contributed by atoms with Gasteiger partial charge in [-0.2, -0.15) is 0 Å². The number of rotatable bonds is 5. The van der Waals surface area contributed by atoms with Crippen molar-refractivity contribution in [2.45, 2.75) is 0 Å². The van der Waals surface area contributed by atoms with Crippen molar-refractivity contribution in [3.8, 4) is 0 Å². The zero-order valence-corrected chi connectivity index (χ0v) is 12.8. The Morgan fingerprint density at radius 1 is 1.00 bits per heavy atom. The van der Waals surface area contributed by atoms with Crippen molar-refractivity contribution in [3.05, 3.63) is 59.9 Å². The Balaban J connectivity index is 1.69. The summed E-state index contributed by atoms with van der Waals surface area (Å²) in [5.41, 5.74) is 0.931. The van der Waals surface area contributed by atoms with Crippen LogP contribution in [-0.2, 0) is 10.0 Å². The van der Waals surface area contributed by atoms with E-state index in [1.807, 2.05) is 0 Å². The molecule has 0 saturated carbocycles. The smallest absolute Gasteiger partial charge is 0.261 e. The molecule has 0 unspecified atom stereocenters. The number of nitrogens with one attached hydrogen (secondary N) is 1. The lowest BCUT2D eigenvalue weighted by atomic mass is 10.1. The van der Waals surface area contributed by atoms with Crippen molar-refractivity contribution >= 4 is 27.5 Å². The molecule has 118 valence electrons. The lowest BCUT2D eigenvalue weighted by Crippen LogP contribution is -2.35. The van der Waals surface area contributed by atoms with Gasteiger partial charge in [0.05, 0.1) is 28.8 Å². The van der Waals surface area contributed by atoms with Crippen molar-refractivity contribution in [2.24, 2.45) is 0 Å². The Kier molecular flexibility index (Phi) is 3.83. The zero-order valence-electron chi connectivity index (χ0n) is 12.0. The van der Waals surface area contributed by atoms with Crippen molar-refractivity contribution in [1.29, 1.82) is 0 Å². The van der Waals surface area contributed by atoms with Gasteiger partial charge in [-0.25, -0.2) is 8.42 Å². The summed E-state index contributed by atoms with van der Waals surface area (Å²) in [5, 5.41) is 0. The third-order valence-electron chi connectivity index (χ3n) is 3.40. The Morgan fingerprint density at radius 2 is 1.65 bits per heavy atom. The minimum atomic E-state index is -3.69. The first-order valence-electron chi connectivity index (χ1n) is 6.84. The van der Waals surface area contributed by atoms with Gasteiger partial charge in [0, 0.05) is 12.7 Å². The Morgan fingerprint density at radius 3 is 2.22 bits per heavy atom. The number of anilines is 1. The van der Waals surface area contributed by atoms with Crippen LogP contribution in [0, 0.1) is 0 Å². The number of carbonyl (C=O) groups is 2. The molecule has 1 aliphatic heterocycles. The molecular weight excluding hydrogens is 318 g/mol. The van der Waals surface area contributed by atoms with Crippen LogP contribution in [0.25, 0.3) is 0 Å². The van der Waals surface area contributed by atoms with Gasteiger partial charge in [-0.15, -0.1) is 0 Å². The summed E-state index contributed by atoms with van der Waals surface area (Å²) >= 11 is 0. The van der Waals surface area contributed by atoms with Crippen molar-refractivity contribution < 1.29 is 18.0 Å². The van der Waals surface area contributed by atoms with Gasteiger partial charge in [-0.1, -0.05) is 12.1 Å². The molecule has 0 bridgehead atoms. The van der Waals surface area contributed by atoms with E-state index >= 15 is 0 Å². The van der Waals surface area contributed by atoms with Gasteiger partial charge in [-0.3, -0.25) is 24.2 Å². The van der Waals surface area contributed by atoms with E-state index in [0.717, 1.165) is 4.90 Å². The molecule has 1 N–H and O–H groups in total. The van der Waals surface area contributed by atoms with Crippen LogP contribution >= 0.6 is 0 Å². The van der Waals surface area contributed by atoms with Crippen LogP contribution in [-0.4, -0.2) is 42.4 Å². The normalized spacial score (nSPS) is 14.0. The highest BCUT2D eigenvalue weighted by molar-refractivity contribution is 7.92. The number of nitrogens with zero attached hydrogens (tertiary/aromatic N) is 2. The van der Waals surface area contributed by atoms with Crippen molar-refractivity contribution in [1.82, 2.24) is 9.88 Å². The summed E-state index contributed by atoms with van der Waals surface area (Å²) in [7, 11) is -3.69. The van der Waals surface area contributed by atoms with Gasteiger partial charge in [-0.05, 0) is 24.3 Å². The summed E-state index contributed by atoms with van der Waals surface area (Å²) in [6.07, 6.45) is 2.90. The van der Waals surface area contributed by atoms with Crippen LogP contribution in [0.15, 0.2) is 48.8 Å². The zero-order chi connectivity index (χ0) is 16.4. The predicted octanol–water partition coefficient (Wildman–Crippen LogP) is 1.12. The fraction of sp³-hybridized carbons (Fsp3) is 0.133. The second-order valence-corrected chi connectivity index (χ2v) is 6.81. The monoisotopic (exact) mass is 331 g/mol. The van der Waals surface area contributed by atoms with E-state index in [-0.39, 0.29) is 12.3 Å². The molecule has 0 spiro atoms. The van der Waals surface area contributed by atoms with Gasteiger partial charge >= 0.3 is 0 Å². The topological polar surface area (TPSA) is 96.4 Å². The van der Waals surface area contributed by atoms with Crippen LogP contribution in [0.2, 0.25) is 0 Å². The highest BCUT2D eigenvalue weighted by Gasteiger charge is 2.35. The van der Waals surface area contributed by atoms with Crippen molar-refractivity contribution in [3.63, 3.8) is 0 Å². The number of imide groups is 1. The maximum atomic E-state index is 12.2. The van der Waals surface area contributed by atoms with Gasteiger partial charge in [0.25, 0.3) is 11.8 Å². The second-order valence-electron chi connectivity index (χ2n) is 4.97. The first-order valence-corrected chi connectivity index (χ1v) is 8.49. The molecule has 0 atom stereocenters. The molecule has 1 aromatic heterocycles. The number of carbonyl (C=O) groups excluding carboxylic acids is 2. The Hall–Kier alpha value is -2.74. The predicted molar refractivity (Wildman–Crippen MR) is 83.5 cm³/mol. The van der Waals surface area contributed by atoms with E-state index in [9.17, 15) is 18.0 Å². The lowest BCUT2D eigenvalue weighted by Gasteiger charge is -2.14. The fourth-order valence-electron chi connectivity index (χ4n) is 2.31. The molecule has 1 aliphatic rings. The number of fused-ring (bicyclic) bond motifs is 1. The quantitative estimate of drug-likeness (QED) is 0.828. The average Bonchev–Trinajstić information content (AvgIpc) is 2.78. The molecule has 0 aliphatic carbocycles. The SMILES string of the molecule is O=C1c2ccccc2C(=O)N1CCS(=O)(=O)Nc1cccnc1. The molecule has 3 rings (SSSR count). The molecule has 0 saturated heterocycles. The molecule has 0 radical (unpaired) electrons. The molecule has 0 fully saturated rings. The van der Waals surface area contributed by atoms with Gasteiger partial charge in [0.15, 0.2) is 0 Å². The van der Waals surface area contributed by atoms with E-state index in [0.29, 0.717) is 16.8 Å². The Labute approximate surface area is 133 Å². The van der Waals surface area contributed by atoms with Crippen LogP contribution in [0.4, 0.5) is 5.69 Å². The van der Waals surface area contributed by atoms with E-state index < -0.39 is 21.8 Å². The third kappa shape index (κ3) is 3.07. The summed E-state index contributed by atoms with van der Waals surface area (Å²) in [4.78, 5) is 29.1. The molecule has 7 nitrogen and oxygen atoms in total. The van der Waals surface area contributed by atoms with Crippen LogP contribution < -0.4 is 4.72 Å². The molecule has 2 heterocycles. The molecule has 2 aromatic rings. The van der Waals surface area contributed by atoms with E-state index in [1.165, 1.54) is 12.4 Å².